The van der Waals surface area contributed by atoms with E-state index in [1.165, 1.54) is 34.7 Å². The Hall–Kier alpha value is -1.35. The van der Waals surface area contributed by atoms with Gasteiger partial charge < -0.3 is 5.11 Å². The van der Waals surface area contributed by atoms with Crippen LogP contribution in [-0.2, 0) is 20.8 Å². The molecule has 3 N–H and O–H groups in total. The maximum atomic E-state index is 13.0. The molecule has 0 amide bonds. The SMILES string of the molecule is O=C(CC1CCc2ccccc21)C1SCN[C@@H]1C(=O)C1SCN[C@@H]1C(=O)O. The number of fused-ring (bicyclic) bond motifs is 1. The Morgan fingerprint density at radius 3 is 2.52 bits per heavy atom. The number of rotatable bonds is 6. The van der Waals surface area contributed by atoms with Gasteiger partial charge in [-0.2, -0.15) is 0 Å². The van der Waals surface area contributed by atoms with E-state index < -0.39 is 28.6 Å². The van der Waals surface area contributed by atoms with Gasteiger partial charge in [-0.1, -0.05) is 24.3 Å². The summed E-state index contributed by atoms with van der Waals surface area (Å²) in [6.45, 7) is 0. The summed E-state index contributed by atoms with van der Waals surface area (Å²) < 4.78 is 0. The molecule has 0 saturated carbocycles. The first kappa shape index (κ1) is 19.0. The van der Waals surface area contributed by atoms with E-state index in [-0.39, 0.29) is 17.5 Å². The highest BCUT2D eigenvalue weighted by Gasteiger charge is 2.46. The van der Waals surface area contributed by atoms with Crippen molar-refractivity contribution >= 4 is 41.1 Å². The number of aliphatic carboxylic acids is 1. The molecule has 8 heteroatoms. The summed E-state index contributed by atoms with van der Waals surface area (Å²) in [5.74, 6) is 0.0938. The van der Waals surface area contributed by atoms with Crippen LogP contribution in [0.15, 0.2) is 24.3 Å². The van der Waals surface area contributed by atoms with Gasteiger partial charge in [-0.25, -0.2) is 0 Å². The van der Waals surface area contributed by atoms with E-state index in [0.29, 0.717) is 18.2 Å². The maximum absolute atomic E-state index is 13.0. The molecule has 5 atom stereocenters. The average molecular weight is 407 g/mol. The minimum atomic E-state index is -1.02. The number of ketones is 2. The number of Topliss-reactive ketones (excluding diaryl/α,β-unsaturated/α-hetero) is 2. The van der Waals surface area contributed by atoms with Gasteiger partial charge in [0.1, 0.15) is 11.8 Å². The van der Waals surface area contributed by atoms with Crippen LogP contribution in [-0.4, -0.2) is 57.0 Å². The average Bonchev–Trinajstić information content (AvgIpc) is 3.40. The van der Waals surface area contributed by atoms with E-state index in [0.717, 1.165) is 12.8 Å². The molecule has 2 fully saturated rings. The van der Waals surface area contributed by atoms with E-state index in [1.54, 1.807) is 0 Å². The number of carboxylic acid groups (broad SMARTS) is 1. The van der Waals surface area contributed by atoms with E-state index in [4.69, 9.17) is 0 Å². The Kier molecular flexibility index (Phi) is 5.59. The van der Waals surface area contributed by atoms with Gasteiger partial charge in [0.2, 0.25) is 0 Å². The molecule has 0 bridgehead atoms. The lowest BCUT2D eigenvalue weighted by molar-refractivity contribution is -0.140. The molecule has 2 saturated heterocycles. The van der Waals surface area contributed by atoms with E-state index >= 15 is 0 Å². The van der Waals surface area contributed by atoms with Crippen molar-refractivity contribution in [2.45, 2.75) is 47.8 Å². The molecule has 6 nitrogen and oxygen atoms in total. The minimum absolute atomic E-state index is 0.0906. The summed E-state index contributed by atoms with van der Waals surface area (Å²) in [5.41, 5.74) is 2.57. The summed E-state index contributed by atoms with van der Waals surface area (Å²) in [4.78, 5) is 37.3. The number of benzene rings is 1. The van der Waals surface area contributed by atoms with Crippen LogP contribution in [0.5, 0.6) is 0 Å². The molecule has 0 spiro atoms. The molecule has 0 radical (unpaired) electrons. The normalized spacial score (nSPS) is 32.4. The summed E-state index contributed by atoms with van der Waals surface area (Å²) in [7, 11) is 0. The number of nitrogens with one attached hydrogen (secondary N) is 2. The molecule has 1 aliphatic carbocycles. The molecule has 3 aliphatic rings. The maximum Gasteiger partial charge on any atom is 0.322 e. The van der Waals surface area contributed by atoms with E-state index in [9.17, 15) is 19.5 Å². The number of carbonyl (C=O) groups is 3. The van der Waals surface area contributed by atoms with Crippen molar-refractivity contribution in [3.63, 3.8) is 0 Å². The number of carboxylic acids is 1. The van der Waals surface area contributed by atoms with Crippen molar-refractivity contribution in [1.82, 2.24) is 10.6 Å². The van der Waals surface area contributed by atoms with Crippen LogP contribution in [0.4, 0.5) is 0 Å². The topological polar surface area (TPSA) is 95.5 Å². The van der Waals surface area contributed by atoms with Crippen LogP contribution >= 0.6 is 23.5 Å². The van der Waals surface area contributed by atoms with Crippen molar-refractivity contribution in [3.8, 4) is 0 Å². The molecule has 27 heavy (non-hydrogen) atoms. The highest BCUT2D eigenvalue weighted by molar-refractivity contribution is 8.01. The Balaban J connectivity index is 1.44. The summed E-state index contributed by atoms with van der Waals surface area (Å²) in [6.07, 6.45) is 2.41. The fraction of sp³-hybridized carbons (Fsp3) is 0.526. The fourth-order valence-electron chi connectivity index (χ4n) is 4.25. The first-order valence-electron chi connectivity index (χ1n) is 9.13. The zero-order valence-corrected chi connectivity index (χ0v) is 16.4. The third-order valence-corrected chi connectivity index (χ3v) is 8.04. The largest absolute Gasteiger partial charge is 0.480 e. The standard InChI is InChI=1S/C19H22N2O4S2/c22-13(7-11-6-5-10-3-1-2-4-12(10)11)17-14(20-8-26-17)16(23)18-15(19(24)25)21-9-27-18/h1-4,11,14-15,17-18,20-21H,5-9H2,(H,24,25)/t11?,14-,15+,17?,18?/m1/s1. The lowest BCUT2D eigenvalue weighted by Crippen LogP contribution is -2.51. The first-order valence-corrected chi connectivity index (χ1v) is 11.2. The summed E-state index contributed by atoms with van der Waals surface area (Å²) in [5, 5.41) is 14.2. The second kappa shape index (κ2) is 7.95. The Bertz CT molecular complexity index is 772. The van der Waals surface area contributed by atoms with Gasteiger partial charge in [-0.3, -0.25) is 25.0 Å². The van der Waals surface area contributed by atoms with Gasteiger partial charge >= 0.3 is 5.97 Å². The molecular weight excluding hydrogens is 384 g/mol. The Labute approximate surface area is 166 Å². The summed E-state index contributed by atoms with van der Waals surface area (Å²) in [6, 6.07) is 6.78. The van der Waals surface area contributed by atoms with Gasteiger partial charge in [-0.05, 0) is 29.9 Å². The number of carbonyl (C=O) groups excluding carboxylic acids is 2. The Morgan fingerprint density at radius 2 is 1.74 bits per heavy atom. The second-order valence-corrected chi connectivity index (χ2v) is 9.43. The first-order chi connectivity index (χ1) is 13.1. The van der Waals surface area contributed by atoms with Crippen LogP contribution < -0.4 is 10.6 Å². The molecule has 0 aromatic heterocycles. The molecule has 1 aromatic carbocycles. The number of hydrogen-bond acceptors (Lipinski definition) is 7. The molecule has 144 valence electrons. The van der Waals surface area contributed by atoms with Crippen molar-refractivity contribution in [3.05, 3.63) is 35.4 Å². The van der Waals surface area contributed by atoms with Crippen molar-refractivity contribution in [2.24, 2.45) is 0 Å². The van der Waals surface area contributed by atoms with Crippen LogP contribution in [0.25, 0.3) is 0 Å². The molecule has 4 rings (SSSR count). The third kappa shape index (κ3) is 3.68. The van der Waals surface area contributed by atoms with Crippen LogP contribution in [0.2, 0.25) is 0 Å². The highest BCUT2D eigenvalue weighted by atomic mass is 32.2. The molecule has 3 unspecified atom stereocenters. The van der Waals surface area contributed by atoms with Crippen molar-refractivity contribution in [1.29, 1.82) is 0 Å². The zero-order chi connectivity index (χ0) is 19.0. The van der Waals surface area contributed by atoms with Gasteiger partial charge in [0.05, 0.1) is 16.5 Å². The fourth-order valence-corrected chi connectivity index (χ4v) is 6.58. The van der Waals surface area contributed by atoms with Gasteiger partial charge in [-0.15, -0.1) is 23.5 Å². The number of aryl methyl sites for hydroxylation is 1. The van der Waals surface area contributed by atoms with Gasteiger partial charge in [0.25, 0.3) is 0 Å². The smallest absolute Gasteiger partial charge is 0.322 e. The predicted molar refractivity (Wildman–Crippen MR) is 106 cm³/mol. The van der Waals surface area contributed by atoms with Crippen LogP contribution in [0.3, 0.4) is 0 Å². The summed E-state index contributed by atoms with van der Waals surface area (Å²) >= 11 is 2.77. The van der Waals surface area contributed by atoms with Crippen LogP contribution in [0.1, 0.15) is 29.9 Å². The number of hydrogen-bond donors (Lipinski definition) is 3. The molecule has 2 heterocycles. The highest BCUT2D eigenvalue weighted by Crippen LogP contribution is 2.38. The van der Waals surface area contributed by atoms with Gasteiger partial charge in [0.15, 0.2) is 5.78 Å². The van der Waals surface area contributed by atoms with E-state index in [1.807, 2.05) is 12.1 Å². The van der Waals surface area contributed by atoms with Gasteiger partial charge in [0, 0.05) is 18.2 Å². The lowest BCUT2D eigenvalue weighted by atomic mass is 9.91. The van der Waals surface area contributed by atoms with Crippen molar-refractivity contribution in [2.75, 3.05) is 11.8 Å². The van der Waals surface area contributed by atoms with E-state index in [2.05, 4.69) is 22.8 Å². The third-order valence-electron chi connectivity index (χ3n) is 5.61. The quantitative estimate of drug-likeness (QED) is 0.652. The Morgan fingerprint density at radius 1 is 1.04 bits per heavy atom. The zero-order valence-electron chi connectivity index (χ0n) is 14.7. The number of thioether (sulfide) groups is 2. The van der Waals surface area contributed by atoms with Crippen LogP contribution in [0, 0.1) is 0 Å². The predicted octanol–water partition coefficient (Wildman–Crippen LogP) is 1.39. The molecule has 1 aromatic rings. The molecular formula is C19H22N2O4S2. The molecule has 2 aliphatic heterocycles. The van der Waals surface area contributed by atoms with Crippen molar-refractivity contribution < 1.29 is 19.5 Å². The minimum Gasteiger partial charge on any atom is -0.480 e. The monoisotopic (exact) mass is 406 g/mol. The second-order valence-electron chi connectivity index (χ2n) is 7.17. The lowest BCUT2D eigenvalue weighted by Gasteiger charge is -2.22.